The number of pyridine rings is 1. The van der Waals surface area contributed by atoms with E-state index >= 15 is 0 Å². The van der Waals surface area contributed by atoms with Gasteiger partial charge < -0.3 is 16.2 Å². The number of anilines is 2. The maximum Gasteiger partial charge on any atom is 0.303 e. The molecule has 0 aliphatic heterocycles. The monoisotopic (exact) mass is 263 g/mol. The van der Waals surface area contributed by atoms with Crippen LogP contribution in [0, 0.1) is 5.82 Å². The normalized spacial score (nSPS) is 10.6. The van der Waals surface area contributed by atoms with E-state index in [0.29, 0.717) is 35.2 Å². The van der Waals surface area contributed by atoms with Crippen LogP contribution in [-0.2, 0) is 4.79 Å². The summed E-state index contributed by atoms with van der Waals surface area (Å²) in [7, 11) is 0. The molecule has 0 saturated carbocycles. The SMILES string of the molecule is Nc1ccc(F)c2c(NCCCC(=O)O)nccc12. The van der Waals surface area contributed by atoms with Crippen molar-refractivity contribution >= 4 is 28.2 Å². The van der Waals surface area contributed by atoms with Crippen LogP contribution in [0.1, 0.15) is 12.8 Å². The Kier molecular flexibility index (Phi) is 3.79. The van der Waals surface area contributed by atoms with Gasteiger partial charge in [-0.2, -0.15) is 0 Å². The van der Waals surface area contributed by atoms with Crippen molar-refractivity contribution in [2.24, 2.45) is 0 Å². The number of benzene rings is 1. The average Bonchev–Trinajstić information content (AvgIpc) is 2.39. The average molecular weight is 263 g/mol. The number of halogens is 1. The number of hydrogen-bond acceptors (Lipinski definition) is 4. The first-order chi connectivity index (χ1) is 9.09. The Hall–Kier alpha value is -2.37. The fourth-order valence-electron chi connectivity index (χ4n) is 1.86. The summed E-state index contributed by atoms with van der Waals surface area (Å²) in [5.41, 5.74) is 6.27. The fraction of sp³-hybridized carbons (Fsp3) is 0.231. The number of carbonyl (C=O) groups is 1. The number of nitrogens with zero attached hydrogens (tertiary/aromatic N) is 1. The quantitative estimate of drug-likeness (QED) is 0.568. The maximum atomic E-state index is 13.8. The minimum absolute atomic E-state index is 0.0579. The Bertz CT molecular complexity index is 616. The predicted molar refractivity (Wildman–Crippen MR) is 71.5 cm³/mol. The molecule has 0 spiro atoms. The third-order valence-electron chi connectivity index (χ3n) is 2.77. The van der Waals surface area contributed by atoms with E-state index in [1.807, 2.05) is 0 Å². The van der Waals surface area contributed by atoms with Gasteiger partial charge in [-0.15, -0.1) is 0 Å². The van der Waals surface area contributed by atoms with E-state index in [1.165, 1.54) is 18.3 Å². The Balaban J connectivity index is 2.23. The van der Waals surface area contributed by atoms with E-state index in [1.54, 1.807) is 6.07 Å². The van der Waals surface area contributed by atoms with Gasteiger partial charge in [-0.25, -0.2) is 9.37 Å². The van der Waals surface area contributed by atoms with Gasteiger partial charge >= 0.3 is 5.97 Å². The number of carboxylic acids is 1. The molecule has 0 radical (unpaired) electrons. The summed E-state index contributed by atoms with van der Waals surface area (Å²) in [6, 6.07) is 4.45. The zero-order valence-electron chi connectivity index (χ0n) is 10.2. The number of hydrogen-bond donors (Lipinski definition) is 3. The second kappa shape index (κ2) is 5.51. The smallest absolute Gasteiger partial charge is 0.303 e. The highest BCUT2D eigenvalue weighted by Crippen LogP contribution is 2.28. The van der Waals surface area contributed by atoms with E-state index in [0.717, 1.165) is 0 Å². The fourth-order valence-corrected chi connectivity index (χ4v) is 1.86. The summed E-state index contributed by atoms with van der Waals surface area (Å²) in [5, 5.41) is 12.4. The van der Waals surface area contributed by atoms with Gasteiger partial charge in [-0.1, -0.05) is 0 Å². The van der Waals surface area contributed by atoms with Crippen LogP contribution in [0.25, 0.3) is 10.8 Å². The molecule has 4 N–H and O–H groups in total. The molecule has 19 heavy (non-hydrogen) atoms. The lowest BCUT2D eigenvalue weighted by atomic mass is 10.1. The lowest BCUT2D eigenvalue weighted by Crippen LogP contribution is -2.07. The molecular weight excluding hydrogens is 249 g/mol. The third-order valence-corrected chi connectivity index (χ3v) is 2.77. The van der Waals surface area contributed by atoms with Crippen molar-refractivity contribution in [3.63, 3.8) is 0 Å². The van der Waals surface area contributed by atoms with Gasteiger partial charge in [0.05, 0.1) is 5.39 Å². The molecule has 5 nitrogen and oxygen atoms in total. The largest absolute Gasteiger partial charge is 0.481 e. The van der Waals surface area contributed by atoms with Gasteiger partial charge in [0, 0.05) is 30.2 Å². The topological polar surface area (TPSA) is 88.2 Å². The second-order valence-corrected chi connectivity index (χ2v) is 4.14. The van der Waals surface area contributed by atoms with Crippen molar-refractivity contribution < 1.29 is 14.3 Å². The summed E-state index contributed by atoms with van der Waals surface area (Å²) < 4.78 is 13.8. The molecule has 2 aromatic rings. The van der Waals surface area contributed by atoms with E-state index in [9.17, 15) is 9.18 Å². The lowest BCUT2D eigenvalue weighted by Gasteiger charge is -2.10. The number of aliphatic carboxylic acids is 1. The number of nitrogens with two attached hydrogens (primary N) is 1. The van der Waals surface area contributed by atoms with Crippen LogP contribution in [-0.4, -0.2) is 22.6 Å². The van der Waals surface area contributed by atoms with Crippen molar-refractivity contribution in [1.29, 1.82) is 0 Å². The molecule has 1 aromatic carbocycles. The van der Waals surface area contributed by atoms with E-state index in [2.05, 4.69) is 10.3 Å². The second-order valence-electron chi connectivity index (χ2n) is 4.14. The molecule has 1 heterocycles. The van der Waals surface area contributed by atoms with Gasteiger partial charge in [-0.3, -0.25) is 4.79 Å². The summed E-state index contributed by atoms with van der Waals surface area (Å²) in [4.78, 5) is 14.5. The number of fused-ring (bicyclic) bond motifs is 1. The molecule has 0 aliphatic carbocycles. The summed E-state index contributed by atoms with van der Waals surface area (Å²) >= 11 is 0. The van der Waals surface area contributed by atoms with Crippen molar-refractivity contribution in [2.45, 2.75) is 12.8 Å². The zero-order valence-corrected chi connectivity index (χ0v) is 10.2. The molecule has 0 bridgehead atoms. The predicted octanol–water partition coefficient (Wildman–Crippen LogP) is 2.23. The molecule has 0 aliphatic rings. The molecule has 0 atom stereocenters. The Labute approximate surface area is 109 Å². The van der Waals surface area contributed by atoms with Gasteiger partial charge in [0.2, 0.25) is 0 Å². The summed E-state index contributed by atoms with van der Waals surface area (Å²) in [6.07, 6.45) is 2.04. The number of aromatic nitrogens is 1. The Morgan fingerprint density at radius 3 is 2.95 bits per heavy atom. The number of carboxylic acid groups (broad SMARTS) is 1. The molecule has 2 rings (SSSR count). The van der Waals surface area contributed by atoms with Crippen molar-refractivity contribution in [3.05, 3.63) is 30.2 Å². The lowest BCUT2D eigenvalue weighted by molar-refractivity contribution is -0.137. The Morgan fingerprint density at radius 2 is 2.21 bits per heavy atom. The maximum absolute atomic E-state index is 13.8. The van der Waals surface area contributed by atoms with E-state index in [4.69, 9.17) is 10.8 Å². The highest BCUT2D eigenvalue weighted by Gasteiger charge is 2.09. The van der Waals surface area contributed by atoms with Crippen LogP contribution in [0.3, 0.4) is 0 Å². The first-order valence-electron chi connectivity index (χ1n) is 5.88. The minimum atomic E-state index is -0.858. The van der Waals surface area contributed by atoms with E-state index < -0.39 is 11.8 Å². The van der Waals surface area contributed by atoms with Crippen LogP contribution >= 0.6 is 0 Å². The highest BCUT2D eigenvalue weighted by atomic mass is 19.1. The zero-order chi connectivity index (χ0) is 13.8. The molecule has 100 valence electrons. The molecule has 0 saturated heterocycles. The van der Waals surface area contributed by atoms with Crippen LogP contribution in [0.5, 0.6) is 0 Å². The standard InChI is InChI=1S/C13H14FN3O2/c14-9-3-4-10(15)8-5-7-17-13(12(8)9)16-6-1-2-11(18)19/h3-5,7H,1-2,6,15H2,(H,16,17)(H,18,19). The van der Waals surface area contributed by atoms with Gasteiger partial charge in [0.1, 0.15) is 11.6 Å². The first-order valence-corrected chi connectivity index (χ1v) is 5.88. The Morgan fingerprint density at radius 1 is 1.42 bits per heavy atom. The van der Waals surface area contributed by atoms with Crippen molar-refractivity contribution in [1.82, 2.24) is 4.98 Å². The number of rotatable bonds is 5. The van der Waals surface area contributed by atoms with Crippen molar-refractivity contribution in [2.75, 3.05) is 17.6 Å². The molecule has 6 heteroatoms. The van der Waals surface area contributed by atoms with E-state index in [-0.39, 0.29) is 6.42 Å². The molecule has 0 unspecified atom stereocenters. The number of nitrogen functional groups attached to an aromatic ring is 1. The molecular formula is C13H14FN3O2. The van der Waals surface area contributed by atoms with Gasteiger partial charge in [0.25, 0.3) is 0 Å². The van der Waals surface area contributed by atoms with Crippen LogP contribution in [0.4, 0.5) is 15.9 Å². The van der Waals surface area contributed by atoms with Crippen LogP contribution < -0.4 is 11.1 Å². The highest BCUT2D eigenvalue weighted by molar-refractivity contribution is 5.99. The van der Waals surface area contributed by atoms with Gasteiger partial charge in [-0.05, 0) is 24.6 Å². The summed E-state index contributed by atoms with van der Waals surface area (Å²) in [5.74, 6) is -0.881. The minimum Gasteiger partial charge on any atom is -0.481 e. The van der Waals surface area contributed by atoms with Gasteiger partial charge in [0.15, 0.2) is 0 Å². The molecule has 0 fully saturated rings. The molecule has 1 aromatic heterocycles. The summed E-state index contributed by atoms with van der Waals surface area (Å²) in [6.45, 7) is 0.409. The number of nitrogens with one attached hydrogen (secondary N) is 1. The first kappa shape index (κ1) is 13.1. The van der Waals surface area contributed by atoms with Crippen LogP contribution in [0.2, 0.25) is 0 Å². The van der Waals surface area contributed by atoms with Crippen LogP contribution in [0.15, 0.2) is 24.4 Å². The van der Waals surface area contributed by atoms with Crippen molar-refractivity contribution in [3.8, 4) is 0 Å². The third kappa shape index (κ3) is 2.90. The molecule has 0 amide bonds.